The number of nitrogens with two attached hydrogens (primary N) is 1. The lowest BCUT2D eigenvalue weighted by atomic mass is 9.93. The maximum Gasteiger partial charge on any atom is 0.146 e. The molecule has 14 heavy (non-hydrogen) atoms. The number of rotatable bonds is 4. The molecule has 0 aromatic carbocycles. The van der Waals surface area contributed by atoms with Crippen molar-refractivity contribution in [2.75, 3.05) is 13.6 Å². The van der Waals surface area contributed by atoms with Crippen molar-refractivity contribution >= 4 is 5.78 Å². The van der Waals surface area contributed by atoms with Crippen molar-refractivity contribution in [3.05, 3.63) is 0 Å². The van der Waals surface area contributed by atoms with Gasteiger partial charge in [-0.25, -0.2) is 0 Å². The zero-order chi connectivity index (χ0) is 10.7. The van der Waals surface area contributed by atoms with Crippen LogP contribution in [0.15, 0.2) is 0 Å². The Kier molecular flexibility index (Phi) is 4.08. The first-order chi connectivity index (χ1) is 6.61. The highest BCUT2D eigenvalue weighted by Gasteiger charge is 2.39. The van der Waals surface area contributed by atoms with E-state index in [1.54, 1.807) is 6.92 Å². The van der Waals surface area contributed by atoms with Crippen molar-refractivity contribution in [3.8, 4) is 0 Å². The Labute approximate surface area is 86.6 Å². The molecule has 3 unspecified atom stereocenters. The van der Waals surface area contributed by atoms with Gasteiger partial charge in [0.05, 0.1) is 6.04 Å². The summed E-state index contributed by atoms with van der Waals surface area (Å²) in [5.41, 5.74) is 5.60. The van der Waals surface area contributed by atoms with E-state index < -0.39 is 0 Å². The Morgan fingerprint density at radius 3 is 2.64 bits per heavy atom. The molecule has 2 N–H and O–H groups in total. The molecule has 82 valence electrons. The van der Waals surface area contributed by atoms with Gasteiger partial charge in [-0.2, -0.15) is 0 Å². The largest absolute Gasteiger partial charge is 0.330 e. The Morgan fingerprint density at radius 2 is 2.21 bits per heavy atom. The SMILES string of the molecule is CCC1CC(C(C)=O)N(C)C1CCN. The van der Waals surface area contributed by atoms with Crippen LogP contribution < -0.4 is 5.73 Å². The summed E-state index contributed by atoms with van der Waals surface area (Å²) in [4.78, 5) is 13.6. The molecule has 0 aliphatic carbocycles. The molecule has 1 heterocycles. The van der Waals surface area contributed by atoms with Crippen LogP contribution in [0.2, 0.25) is 0 Å². The van der Waals surface area contributed by atoms with Crippen LogP contribution in [0.4, 0.5) is 0 Å². The number of carbonyl (C=O) groups excluding carboxylic acids is 1. The fraction of sp³-hybridized carbons (Fsp3) is 0.909. The van der Waals surface area contributed by atoms with Crippen LogP contribution in [0.3, 0.4) is 0 Å². The van der Waals surface area contributed by atoms with Gasteiger partial charge in [0.25, 0.3) is 0 Å². The molecule has 1 saturated heterocycles. The minimum absolute atomic E-state index is 0.136. The summed E-state index contributed by atoms with van der Waals surface area (Å²) in [5, 5.41) is 0. The van der Waals surface area contributed by atoms with Gasteiger partial charge in [-0.15, -0.1) is 0 Å². The monoisotopic (exact) mass is 198 g/mol. The summed E-state index contributed by atoms with van der Waals surface area (Å²) < 4.78 is 0. The van der Waals surface area contributed by atoms with Gasteiger partial charge in [-0.05, 0) is 39.3 Å². The second-order valence-corrected chi connectivity index (χ2v) is 4.34. The van der Waals surface area contributed by atoms with Crippen molar-refractivity contribution in [1.82, 2.24) is 4.90 Å². The van der Waals surface area contributed by atoms with E-state index >= 15 is 0 Å². The number of likely N-dealkylation sites (N-methyl/N-ethyl adjacent to an activating group) is 1. The second kappa shape index (κ2) is 4.89. The van der Waals surface area contributed by atoms with Gasteiger partial charge < -0.3 is 5.73 Å². The summed E-state index contributed by atoms with van der Waals surface area (Å²) in [6.45, 7) is 4.61. The summed E-state index contributed by atoms with van der Waals surface area (Å²) in [6, 6.07) is 0.649. The number of nitrogens with zero attached hydrogens (tertiary/aromatic N) is 1. The summed E-state index contributed by atoms with van der Waals surface area (Å²) >= 11 is 0. The van der Waals surface area contributed by atoms with E-state index in [0.29, 0.717) is 17.7 Å². The predicted octanol–water partition coefficient (Wildman–Crippen LogP) is 1.02. The molecule has 3 heteroatoms. The molecule has 1 rings (SSSR count). The van der Waals surface area contributed by atoms with Gasteiger partial charge in [-0.1, -0.05) is 13.3 Å². The third-order valence-corrected chi connectivity index (χ3v) is 3.54. The highest BCUT2D eigenvalue weighted by atomic mass is 16.1. The highest BCUT2D eigenvalue weighted by molar-refractivity contribution is 5.81. The van der Waals surface area contributed by atoms with E-state index in [9.17, 15) is 4.79 Å². The van der Waals surface area contributed by atoms with Crippen LogP contribution in [-0.4, -0.2) is 36.4 Å². The predicted molar refractivity (Wildman–Crippen MR) is 58.1 cm³/mol. The van der Waals surface area contributed by atoms with Crippen LogP contribution >= 0.6 is 0 Å². The van der Waals surface area contributed by atoms with Crippen LogP contribution in [-0.2, 0) is 4.79 Å². The van der Waals surface area contributed by atoms with E-state index in [1.807, 2.05) is 0 Å². The van der Waals surface area contributed by atoms with Crippen LogP contribution in [0.25, 0.3) is 0 Å². The summed E-state index contributed by atoms with van der Waals surface area (Å²) in [7, 11) is 2.06. The average molecular weight is 198 g/mol. The number of hydrogen-bond donors (Lipinski definition) is 1. The zero-order valence-corrected chi connectivity index (χ0v) is 9.49. The molecule has 0 amide bonds. The Morgan fingerprint density at radius 1 is 1.57 bits per heavy atom. The average Bonchev–Trinajstić information content (AvgIpc) is 2.45. The van der Waals surface area contributed by atoms with Gasteiger partial charge in [0, 0.05) is 6.04 Å². The molecule has 0 radical (unpaired) electrons. The molecular weight excluding hydrogens is 176 g/mol. The molecule has 0 aromatic heterocycles. The maximum absolute atomic E-state index is 11.4. The van der Waals surface area contributed by atoms with Crippen molar-refractivity contribution in [2.45, 2.75) is 45.2 Å². The van der Waals surface area contributed by atoms with Crippen molar-refractivity contribution in [3.63, 3.8) is 0 Å². The third kappa shape index (κ3) is 2.15. The standard InChI is InChI=1S/C11H22N2O/c1-4-9-7-11(8(2)14)13(3)10(9)5-6-12/h9-11H,4-7,12H2,1-3H3. The summed E-state index contributed by atoms with van der Waals surface area (Å²) in [6.07, 6.45) is 3.19. The number of carbonyl (C=O) groups is 1. The van der Waals surface area contributed by atoms with E-state index in [1.165, 1.54) is 0 Å². The van der Waals surface area contributed by atoms with E-state index in [2.05, 4.69) is 18.9 Å². The Hall–Kier alpha value is -0.410. The van der Waals surface area contributed by atoms with Crippen LogP contribution in [0.1, 0.15) is 33.1 Å². The highest BCUT2D eigenvalue weighted by Crippen LogP contribution is 2.32. The zero-order valence-electron chi connectivity index (χ0n) is 9.49. The van der Waals surface area contributed by atoms with E-state index in [4.69, 9.17) is 5.73 Å². The normalized spacial score (nSPS) is 33.6. The minimum atomic E-state index is 0.136. The van der Waals surface area contributed by atoms with Crippen LogP contribution in [0.5, 0.6) is 0 Å². The Balaban J connectivity index is 2.68. The third-order valence-electron chi connectivity index (χ3n) is 3.54. The number of likely N-dealkylation sites (tertiary alicyclic amines) is 1. The smallest absolute Gasteiger partial charge is 0.146 e. The van der Waals surface area contributed by atoms with E-state index in [-0.39, 0.29) is 6.04 Å². The van der Waals surface area contributed by atoms with Crippen molar-refractivity contribution in [2.24, 2.45) is 11.7 Å². The molecule has 3 atom stereocenters. The molecule has 0 saturated carbocycles. The van der Waals surface area contributed by atoms with Crippen LogP contribution in [0, 0.1) is 5.92 Å². The lowest BCUT2D eigenvalue weighted by molar-refractivity contribution is -0.121. The lowest BCUT2D eigenvalue weighted by Gasteiger charge is -2.25. The molecule has 0 spiro atoms. The molecule has 1 fully saturated rings. The van der Waals surface area contributed by atoms with Crippen molar-refractivity contribution < 1.29 is 4.79 Å². The number of ketones is 1. The maximum atomic E-state index is 11.4. The van der Waals surface area contributed by atoms with Gasteiger partial charge >= 0.3 is 0 Å². The number of Topliss-reactive ketones (excluding diaryl/α,β-unsaturated/α-hetero) is 1. The van der Waals surface area contributed by atoms with Gasteiger partial charge in [0.15, 0.2) is 0 Å². The van der Waals surface area contributed by atoms with Gasteiger partial charge in [0.1, 0.15) is 5.78 Å². The van der Waals surface area contributed by atoms with Crippen molar-refractivity contribution in [1.29, 1.82) is 0 Å². The molecule has 1 aliphatic heterocycles. The van der Waals surface area contributed by atoms with E-state index in [0.717, 1.165) is 25.8 Å². The van der Waals surface area contributed by atoms with Gasteiger partial charge in [-0.3, -0.25) is 9.69 Å². The summed E-state index contributed by atoms with van der Waals surface area (Å²) in [5.74, 6) is 0.947. The second-order valence-electron chi connectivity index (χ2n) is 4.34. The number of hydrogen-bond acceptors (Lipinski definition) is 3. The quantitative estimate of drug-likeness (QED) is 0.733. The first-order valence-electron chi connectivity index (χ1n) is 5.54. The molecule has 3 nitrogen and oxygen atoms in total. The minimum Gasteiger partial charge on any atom is -0.330 e. The molecule has 0 aromatic rings. The molecule has 1 aliphatic rings. The fourth-order valence-corrected chi connectivity index (χ4v) is 2.68. The first-order valence-corrected chi connectivity index (χ1v) is 5.54. The Bertz CT molecular complexity index is 205. The lowest BCUT2D eigenvalue weighted by Crippen LogP contribution is -2.38. The fourth-order valence-electron chi connectivity index (χ4n) is 2.68. The first kappa shape index (κ1) is 11.7. The molecular formula is C11H22N2O. The van der Waals surface area contributed by atoms with Gasteiger partial charge in [0.2, 0.25) is 0 Å². The topological polar surface area (TPSA) is 46.3 Å². The molecule has 0 bridgehead atoms.